The standard InChI is InChI=1S/C23H22FN5S.C5H8.C3H6.CH3Cl/c1-28(15-16-8-3-2-4-9-16)22-19-12-5-6-13-20(19)29(26)23(27-22)21(25)30-18-11-7-10-17(24)14-18;1-3-5-4-2;1-3-2;1-2/h2-14H,15,25-26H2,1H3;3-5H,1H2,2H3;3H,1H2,2H3;1H3/b23-21+;5-4-;;. The number of nitrogens with zero attached hydrogens (tertiary/aromatic N) is 3. The first-order valence-electron chi connectivity index (χ1n) is 12.5. The van der Waals surface area contributed by atoms with E-state index < -0.39 is 0 Å². The van der Waals surface area contributed by atoms with Gasteiger partial charge in [-0.05, 0) is 49.7 Å². The molecule has 1 aliphatic heterocycles. The zero-order chi connectivity index (χ0) is 29.9. The largest absolute Gasteiger partial charge is 0.390 e. The molecule has 3 aromatic rings. The summed E-state index contributed by atoms with van der Waals surface area (Å²) in [6.45, 7) is 11.4. The quantitative estimate of drug-likeness (QED) is 0.105. The third kappa shape index (κ3) is 10.8. The molecule has 1 aliphatic rings. The number of alkyl halides is 1. The van der Waals surface area contributed by atoms with Crippen molar-refractivity contribution in [3.05, 3.63) is 144 Å². The smallest absolute Gasteiger partial charge is 0.180 e. The van der Waals surface area contributed by atoms with Gasteiger partial charge < -0.3 is 10.6 Å². The van der Waals surface area contributed by atoms with Crippen LogP contribution >= 0.6 is 23.4 Å². The van der Waals surface area contributed by atoms with Crippen molar-refractivity contribution in [2.24, 2.45) is 16.6 Å². The molecule has 0 aromatic heterocycles. The van der Waals surface area contributed by atoms with Gasteiger partial charge >= 0.3 is 0 Å². The van der Waals surface area contributed by atoms with Crippen LogP contribution in [0.25, 0.3) is 0 Å². The van der Waals surface area contributed by atoms with Gasteiger partial charge in [0.25, 0.3) is 0 Å². The van der Waals surface area contributed by atoms with Crippen molar-refractivity contribution in [2.75, 3.05) is 18.4 Å². The molecule has 0 aliphatic carbocycles. The monoisotopic (exact) mass is 579 g/mol. The van der Waals surface area contributed by atoms with E-state index in [0.717, 1.165) is 17.1 Å². The average molecular weight is 580 g/mol. The van der Waals surface area contributed by atoms with Crippen molar-refractivity contribution in [1.29, 1.82) is 0 Å². The molecule has 4 N–H and O–H groups in total. The Kier molecular flexibility index (Phi) is 16.5. The second-order valence-electron chi connectivity index (χ2n) is 8.08. The molecule has 212 valence electrons. The first kappa shape index (κ1) is 34.2. The Hall–Kier alpha value is -3.78. The van der Waals surface area contributed by atoms with E-state index in [2.05, 4.69) is 41.8 Å². The minimum atomic E-state index is -0.317. The summed E-state index contributed by atoms with van der Waals surface area (Å²) in [5, 5.41) is 1.87. The molecule has 0 bridgehead atoms. The van der Waals surface area contributed by atoms with Gasteiger partial charge in [0.1, 0.15) is 16.7 Å². The molecule has 1 heterocycles. The van der Waals surface area contributed by atoms with Gasteiger partial charge in [-0.15, -0.1) is 18.2 Å². The number of hydrogen-bond acceptors (Lipinski definition) is 6. The molecule has 8 heteroatoms. The van der Waals surface area contributed by atoms with Crippen molar-refractivity contribution in [1.82, 2.24) is 4.90 Å². The molecule has 0 amide bonds. The molecule has 0 saturated heterocycles. The van der Waals surface area contributed by atoms with Crippen molar-refractivity contribution in [2.45, 2.75) is 25.3 Å². The SMILES string of the molecule is C=C/C=C\C.C=CC.CCl.CN(Cc1ccccc1)C1=N/C(=C(/N)Sc2cccc(F)c2)N(N)c2ccccc21. The summed E-state index contributed by atoms with van der Waals surface area (Å²) >= 11 is 5.87. The molecule has 3 aromatic carbocycles. The summed E-state index contributed by atoms with van der Waals surface area (Å²) in [6.07, 6.45) is 8.80. The number of hydrogen-bond donors (Lipinski definition) is 2. The topological polar surface area (TPSA) is 70.9 Å². The molecule has 0 unspecified atom stereocenters. The van der Waals surface area contributed by atoms with Gasteiger partial charge in [-0.1, -0.05) is 91.2 Å². The van der Waals surface area contributed by atoms with Crippen LogP contribution in [0.3, 0.4) is 0 Å². The number of para-hydroxylation sites is 1. The van der Waals surface area contributed by atoms with Crippen LogP contribution in [0.4, 0.5) is 10.1 Å². The van der Waals surface area contributed by atoms with Crippen molar-refractivity contribution in [3.63, 3.8) is 0 Å². The Balaban J connectivity index is 0.000000699. The first-order chi connectivity index (χ1) is 19.4. The van der Waals surface area contributed by atoms with E-state index >= 15 is 0 Å². The number of nitrogens with two attached hydrogens (primary N) is 2. The molecule has 0 radical (unpaired) electrons. The first-order valence-corrected chi connectivity index (χ1v) is 14.0. The van der Waals surface area contributed by atoms with Gasteiger partial charge in [-0.2, -0.15) is 0 Å². The normalized spacial score (nSPS) is 12.7. The second-order valence-corrected chi connectivity index (χ2v) is 9.20. The van der Waals surface area contributed by atoms with Gasteiger partial charge in [0.2, 0.25) is 0 Å². The van der Waals surface area contributed by atoms with Crippen LogP contribution < -0.4 is 16.6 Å². The van der Waals surface area contributed by atoms with E-state index in [4.69, 9.17) is 16.6 Å². The van der Waals surface area contributed by atoms with Crippen LogP contribution in [0.1, 0.15) is 25.0 Å². The Morgan fingerprint density at radius 1 is 1.02 bits per heavy atom. The molecule has 0 spiro atoms. The van der Waals surface area contributed by atoms with Crippen LogP contribution in [-0.4, -0.2) is 24.2 Å². The number of rotatable bonds is 5. The molecule has 0 fully saturated rings. The highest BCUT2D eigenvalue weighted by Crippen LogP contribution is 2.34. The zero-order valence-corrected chi connectivity index (χ0v) is 25.2. The number of halogens is 2. The van der Waals surface area contributed by atoms with Crippen molar-refractivity contribution in [3.8, 4) is 0 Å². The van der Waals surface area contributed by atoms with E-state index in [1.165, 1.54) is 40.8 Å². The number of aliphatic imine (C=N–C) groups is 1. The molecule has 5 nitrogen and oxygen atoms in total. The second kappa shape index (κ2) is 19.3. The van der Waals surface area contributed by atoms with E-state index in [1.807, 2.05) is 75.5 Å². The molecule has 4 rings (SSSR count). The highest BCUT2D eigenvalue weighted by Gasteiger charge is 2.26. The maximum Gasteiger partial charge on any atom is 0.180 e. The number of anilines is 1. The number of benzene rings is 3. The summed E-state index contributed by atoms with van der Waals surface area (Å²) in [5.74, 6) is 7.26. The van der Waals surface area contributed by atoms with E-state index in [1.54, 1.807) is 24.3 Å². The van der Waals surface area contributed by atoms with Crippen LogP contribution in [0, 0.1) is 5.82 Å². The number of hydrazine groups is 1. The number of allylic oxidation sites excluding steroid dienone is 4. The van der Waals surface area contributed by atoms with Gasteiger partial charge in [0.15, 0.2) is 5.82 Å². The van der Waals surface area contributed by atoms with Crippen LogP contribution in [0.5, 0.6) is 0 Å². The van der Waals surface area contributed by atoms with E-state index in [0.29, 0.717) is 22.3 Å². The third-order valence-electron chi connectivity index (χ3n) is 5.04. The third-order valence-corrected chi connectivity index (χ3v) is 5.93. The maximum atomic E-state index is 13.6. The summed E-state index contributed by atoms with van der Waals surface area (Å²) in [7, 11) is 1.99. The highest BCUT2D eigenvalue weighted by atomic mass is 35.5. The molecule has 40 heavy (non-hydrogen) atoms. The molecule has 0 atom stereocenters. The van der Waals surface area contributed by atoms with Gasteiger partial charge in [0, 0.05) is 30.4 Å². The summed E-state index contributed by atoms with van der Waals surface area (Å²) in [4.78, 5) is 7.56. The predicted molar refractivity (Wildman–Crippen MR) is 174 cm³/mol. The zero-order valence-electron chi connectivity index (χ0n) is 23.6. The number of fused-ring (bicyclic) bond motifs is 1. The number of amidine groups is 1. The van der Waals surface area contributed by atoms with Crippen LogP contribution in [0.15, 0.2) is 137 Å². The minimum absolute atomic E-state index is 0.317. The Labute approximate surface area is 248 Å². The fourth-order valence-electron chi connectivity index (χ4n) is 3.44. The fourth-order valence-corrected chi connectivity index (χ4v) is 4.24. The fraction of sp³-hybridized carbons (Fsp3) is 0.156. The predicted octanol–water partition coefficient (Wildman–Crippen LogP) is 8.07. The molecular weight excluding hydrogens is 541 g/mol. The average Bonchev–Trinajstić information content (AvgIpc) is 2.96. The van der Waals surface area contributed by atoms with Gasteiger partial charge in [-0.25, -0.2) is 15.2 Å². The summed E-state index contributed by atoms with van der Waals surface area (Å²) < 4.78 is 13.6. The van der Waals surface area contributed by atoms with Crippen molar-refractivity contribution >= 4 is 34.9 Å². The van der Waals surface area contributed by atoms with Gasteiger partial charge in [0.05, 0.1) is 5.69 Å². The van der Waals surface area contributed by atoms with Crippen LogP contribution in [0.2, 0.25) is 0 Å². The lowest BCUT2D eigenvalue weighted by molar-refractivity contribution is 0.499. The minimum Gasteiger partial charge on any atom is -0.390 e. The van der Waals surface area contributed by atoms with E-state index in [9.17, 15) is 4.39 Å². The lowest BCUT2D eigenvalue weighted by Gasteiger charge is -2.32. The Morgan fingerprint density at radius 3 is 2.23 bits per heavy atom. The Bertz CT molecular complexity index is 1290. The van der Waals surface area contributed by atoms with Crippen molar-refractivity contribution < 1.29 is 4.39 Å². The lowest BCUT2D eigenvalue weighted by Crippen LogP contribution is -2.39. The van der Waals surface area contributed by atoms with Crippen LogP contribution in [-0.2, 0) is 6.54 Å². The summed E-state index contributed by atoms with van der Waals surface area (Å²) in [5.41, 5.74) is 9.26. The maximum absolute atomic E-state index is 13.6. The highest BCUT2D eigenvalue weighted by molar-refractivity contribution is 8.03. The Morgan fingerprint density at radius 2 is 1.65 bits per heavy atom. The summed E-state index contributed by atoms with van der Waals surface area (Å²) in [6, 6.07) is 24.2. The lowest BCUT2D eigenvalue weighted by atomic mass is 10.1. The van der Waals surface area contributed by atoms with Gasteiger partial charge in [-0.3, -0.25) is 5.01 Å². The number of thioether (sulfide) groups is 1. The molecule has 0 saturated carbocycles. The van der Waals surface area contributed by atoms with E-state index in [-0.39, 0.29) is 5.82 Å². The molecular formula is C32H39ClFN5S.